The minimum Gasteiger partial charge on any atom is -0.493 e. The van der Waals surface area contributed by atoms with Crippen molar-refractivity contribution >= 4 is 29.5 Å². The van der Waals surface area contributed by atoms with Gasteiger partial charge in [0.05, 0.1) is 24.3 Å². The summed E-state index contributed by atoms with van der Waals surface area (Å²) in [5.74, 6) is -0.258. The van der Waals surface area contributed by atoms with Gasteiger partial charge in [-0.15, -0.1) is 0 Å². The molecule has 1 aliphatic rings. The van der Waals surface area contributed by atoms with E-state index in [2.05, 4.69) is 9.73 Å². The van der Waals surface area contributed by atoms with Crippen molar-refractivity contribution in [1.29, 1.82) is 0 Å². The third-order valence-corrected chi connectivity index (χ3v) is 4.08. The molecule has 1 heterocycles. The Morgan fingerprint density at radius 3 is 2.69 bits per heavy atom. The van der Waals surface area contributed by atoms with E-state index < -0.39 is 12.6 Å². The quantitative estimate of drug-likeness (QED) is 0.477. The average molecular weight is 424 g/mol. The molecule has 2 aromatic carbocycles. The second-order valence-corrected chi connectivity index (χ2v) is 6.09. The van der Waals surface area contributed by atoms with Crippen LogP contribution in [0.1, 0.15) is 18.1 Å². The van der Waals surface area contributed by atoms with Crippen molar-refractivity contribution in [3.63, 3.8) is 0 Å². The smallest absolute Gasteiger partial charge is 0.387 e. The molecule has 0 bridgehead atoms. The number of carbonyl (C=O) groups excluding carboxylic acids is 1. The van der Waals surface area contributed by atoms with Crippen molar-refractivity contribution in [1.82, 2.24) is 0 Å². The molecule has 1 aliphatic heterocycles. The summed E-state index contributed by atoms with van der Waals surface area (Å²) >= 11 is 6.23. The number of aliphatic imine (C=N–C) groups is 1. The molecule has 0 aliphatic carbocycles. The van der Waals surface area contributed by atoms with Gasteiger partial charge >= 0.3 is 12.6 Å². The molecule has 0 aromatic heterocycles. The minimum atomic E-state index is -3.03. The highest BCUT2D eigenvalue weighted by Gasteiger charge is 2.27. The second-order valence-electron chi connectivity index (χ2n) is 5.68. The number of benzene rings is 2. The minimum absolute atomic E-state index is 0.0332. The van der Waals surface area contributed by atoms with Crippen molar-refractivity contribution in [2.75, 3.05) is 13.7 Å². The zero-order valence-electron chi connectivity index (χ0n) is 15.4. The summed E-state index contributed by atoms with van der Waals surface area (Å²) in [5.41, 5.74) is 0.616. The van der Waals surface area contributed by atoms with Crippen molar-refractivity contribution in [3.05, 3.63) is 58.2 Å². The van der Waals surface area contributed by atoms with Gasteiger partial charge in [0.15, 0.2) is 17.2 Å². The van der Waals surface area contributed by atoms with E-state index in [9.17, 15) is 13.6 Å². The number of hydrogen-bond acceptors (Lipinski definition) is 6. The molecule has 0 amide bonds. The molecule has 29 heavy (non-hydrogen) atoms. The lowest BCUT2D eigenvalue weighted by Gasteiger charge is -2.11. The van der Waals surface area contributed by atoms with Crippen LogP contribution in [0.2, 0.25) is 5.02 Å². The largest absolute Gasteiger partial charge is 0.493 e. The van der Waals surface area contributed by atoms with Crippen LogP contribution >= 0.6 is 11.6 Å². The fourth-order valence-electron chi connectivity index (χ4n) is 2.63. The molecule has 0 unspecified atom stereocenters. The van der Waals surface area contributed by atoms with Gasteiger partial charge in [-0.3, -0.25) is 0 Å². The molecular formula is C20H16ClF2NO5. The number of para-hydroxylation sites is 1. The van der Waals surface area contributed by atoms with Crippen molar-refractivity contribution in [3.8, 4) is 17.2 Å². The van der Waals surface area contributed by atoms with E-state index >= 15 is 0 Å². The Hall–Kier alpha value is -3.13. The summed E-state index contributed by atoms with van der Waals surface area (Å²) in [6.07, 6.45) is 1.44. The molecule has 0 atom stereocenters. The van der Waals surface area contributed by atoms with Gasteiger partial charge in [-0.2, -0.15) is 8.78 Å². The lowest BCUT2D eigenvalue weighted by molar-refractivity contribution is -0.129. The second kappa shape index (κ2) is 8.91. The van der Waals surface area contributed by atoms with Gasteiger partial charge in [0.1, 0.15) is 5.75 Å². The average Bonchev–Trinajstić information content (AvgIpc) is 3.04. The Kier molecular flexibility index (Phi) is 6.33. The van der Waals surface area contributed by atoms with Crippen LogP contribution in [-0.4, -0.2) is 32.2 Å². The van der Waals surface area contributed by atoms with Gasteiger partial charge in [0, 0.05) is 0 Å². The molecule has 2 aromatic rings. The summed E-state index contributed by atoms with van der Waals surface area (Å²) in [6.45, 7) is -0.815. The molecule has 6 nitrogen and oxygen atoms in total. The van der Waals surface area contributed by atoms with E-state index in [4.69, 9.17) is 25.8 Å². The number of alkyl halides is 2. The Labute approximate surface area is 170 Å². The standard InChI is InChI=1S/C20H16ClF2NO5/c1-3-27-17-13(21)8-11(10-16(17)26-2)9-14-19(25)29-18(24-14)12-6-4-5-7-15(12)28-20(22)23/h4-10,20H,3H2,1-2H3/b14-9+. The highest BCUT2D eigenvalue weighted by Crippen LogP contribution is 2.37. The molecule has 152 valence electrons. The van der Waals surface area contributed by atoms with Crippen LogP contribution < -0.4 is 14.2 Å². The number of carbonyl (C=O) groups is 1. The Morgan fingerprint density at radius 2 is 2.00 bits per heavy atom. The van der Waals surface area contributed by atoms with Crippen LogP contribution in [0.3, 0.4) is 0 Å². The summed E-state index contributed by atoms with van der Waals surface area (Å²) in [7, 11) is 1.46. The molecule has 0 saturated carbocycles. The number of hydrogen-bond donors (Lipinski definition) is 0. The van der Waals surface area contributed by atoms with E-state index in [0.717, 1.165) is 0 Å². The predicted octanol–water partition coefficient (Wildman–Crippen LogP) is 4.69. The fourth-order valence-corrected chi connectivity index (χ4v) is 2.91. The first-order valence-corrected chi connectivity index (χ1v) is 8.87. The molecule has 0 N–H and O–H groups in total. The van der Waals surface area contributed by atoms with Crippen molar-refractivity contribution < 1.29 is 32.5 Å². The summed E-state index contributed by atoms with van der Waals surface area (Å²) in [5, 5.41) is 0.296. The first-order valence-electron chi connectivity index (χ1n) is 8.50. The van der Waals surface area contributed by atoms with Crippen LogP contribution in [0.4, 0.5) is 8.78 Å². The molecule has 0 radical (unpaired) electrons. The first kappa shape index (κ1) is 20.6. The number of ether oxygens (including phenoxy) is 4. The predicted molar refractivity (Wildman–Crippen MR) is 103 cm³/mol. The van der Waals surface area contributed by atoms with Gasteiger partial charge < -0.3 is 18.9 Å². The Balaban J connectivity index is 1.97. The maximum Gasteiger partial charge on any atom is 0.387 e. The first-order chi connectivity index (χ1) is 13.9. The van der Waals surface area contributed by atoms with Crippen molar-refractivity contribution in [2.45, 2.75) is 13.5 Å². The number of rotatable bonds is 7. The lowest BCUT2D eigenvalue weighted by Crippen LogP contribution is -2.10. The number of cyclic esters (lactones) is 1. The SMILES string of the molecule is CCOc1c(Cl)cc(/C=C2/N=C(c3ccccc3OC(F)F)OC2=O)cc1OC. The number of halogens is 3. The monoisotopic (exact) mass is 423 g/mol. The topological polar surface area (TPSA) is 66.3 Å². The van der Waals surface area contributed by atoms with Crippen LogP contribution in [0, 0.1) is 0 Å². The third kappa shape index (κ3) is 4.65. The summed E-state index contributed by atoms with van der Waals surface area (Å²) < 4.78 is 45.5. The zero-order valence-corrected chi connectivity index (χ0v) is 16.2. The lowest BCUT2D eigenvalue weighted by atomic mass is 10.1. The number of methoxy groups -OCH3 is 1. The van der Waals surface area contributed by atoms with Crippen LogP contribution in [0.25, 0.3) is 6.08 Å². The van der Waals surface area contributed by atoms with Gasteiger partial charge in [-0.1, -0.05) is 23.7 Å². The molecule has 0 fully saturated rings. The Bertz CT molecular complexity index is 991. The molecule has 0 saturated heterocycles. The van der Waals surface area contributed by atoms with Gasteiger partial charge in [0.2, 0.25) is 5.90 Å². The zero-order chi connectivity index (χ0) is 21.0. The van der Waals surface area contributed by atoms with Crippen LogP contribution in [0.15, 0.2) is 47.1 Å². The van der Waals surface area contributed by atoms with E-state index in [1.807, 2.05) is 6.92 Å². The van der Waals surface area contributed by atoms with E-state index in [1.54, 1.807) is 18.2 Å². The Morgan fingerprint density at radius 1 is 1.24 bits per heavy atom. The maximum absolute atomic E-state index is 12.6. The molecule has 3 rings (SSSR count). The van der Waals surface area contributed by atoms with Crippen LogP contribution in [-0.2, 0) is 9.53 Å². The van der Waals surface area contributed by atoms with Gasteiger partial charge in [-0.05, 0) is 42.8 Å². The van der Waals surface area contributed by atoms with Gasteiger partial charge in [0.25, 0.3) is 0 Å². The van der Waals surface area contributed by atoms with Crippen molar-refractivity contribution in [2.24, 2.45) is 4.99 Å². The molecular weight excluding hydrogens is 408 g/mol. The van der Waals surface area contributed by atoms with E-state index in [0.29, 0.717) is 28.7 Å². The summed E-state index contributed by atoms with van der Waals surface area (Å²) in [4.78, 5) is 16.3. The maximum atomic E-state index is 12.6. The summed E-state index contributed by atoms with van der Waals surface area (Å²) in [6, 6.07) is 9.10. The van der Waals surface area contributed by atoms with E-state index in [-0.39, 0.29) is 22.9 Å². The molecule has 0 spiro atoms. The highest BCUT2D eigenvalue weighted by molar-refractivity contribution is 6.32. The third-order valence-electron chi connectivity index (χ3n) is 3.80. The number of esters is 1. The van der Waals surface area contributed by atoms with E-state index in [1.165, 1.54) is 31.4 Å². The number of nitrogens with zero attached hydrogens (tertiary/aromatic N) is 1. The van der Waals surface area contributed by atoms with Crippen LogP contribution in [0.5, 0.6) is 17.2 Å². The highest BCUT2D eigenvalue weighted by atomic mass is 35.5. The fraction of sp³-hybridized carbons (Fsp3) is 0.200. The molecule has 9 heteroatoms. The normalized spacial score (nSPS) is 14.8. The van der Waals surface area contributed by atoms with Gasteiger partial charge in [-0.25, -0.2) is 9.79 Å².